The summed E-state index contributed by atoms with van der Waals surface area (Å²) >= 11 is 4.72. The number of benzene rings is 1. The van der Waals surface area contributed by atoms with Gasteiger partial charge >= 0.3 is 0 Å². The van der Waals surface area contributed by atoms with E-state index in [0.717, 1.165) is 15.9 Å². The molecule has 1 atom stereocenters. The normalized spacial score (nSPS) is 17.5. The van der Waals surface area contributed by atoms with E-state index in [2.05, 4.69) is 21.0 Å². The molecule has 1 amide bonds. The summed E-state index contributed by atoms with van der Waals surface area (Å²) in [5, 5.41) is 4.46. The Hall–Kier alpha value is -1.60. The number of aromatic nitrogens is 2. The molecule has 1 saturated heterocycles. The summed E-state index contributed by atoms with van der Waals surface area (Å²) in [4.78, 5) is 25.3. The van der Waals surface area contributed by atoms with Gasteiger partial charge in [-0.25, -0.2) is 4.68 Å². The molecule has 1 aliphatic heterocycles. The fourth-order valence-corrected chi connectivity index (χ4v) is 3.75. The molecule has 1 aromatic carbocycles. The van der Waals surface area contributed by atoms with Gasteiger partial charge in [-0.2, -0.15) is 5.10 Å². The Balaban J connectivity index is 1.71. The number of halogens is 1. The standard InChI is InChI=1S/C17H18BrN3O2S/c1-12(22)24-11-14-8-17(23)20(9-14)16-6-7-19-21(16)10-13-2-4-15(18)5-3-13/h2-7,14H,8-11H2,1H3. The number of nitrogens with zero attached hydrogens (tertiary/aromatic N) is 3. The second-order valence-corrected chi connectivity index (χ2v) is 7.96. The number of anilines is 1. The van der Waals surface area contributed by atoms with Gasteiger partial charge in [-0.3, -0.25) is 14.5 Å². The minimum Gasteiger partial charge on any atom is -0.297 e. The quantitative estimate of drug-likeness (QED) is 0.762. The average Bonchev–Trinajstić information content (AvgIpc) is 3.13. The molecule has 0 spiro atoms. The SMILES string of the molecule is CC(=O)SCC1CC(=O)N(c2ccnn2Cc2ccc(Br)cc2)C1. The van der Waals surface area contributed by atoms with Crippen molar-refractivity contribution in [1.82, 2.24) is 9.78 Å². The Morgan fingerprint density at radius 3 is 2.79 bits per heavy atom. The first-order chi connectivity index (χ1) is 11.5. The van der Waals surface area contributed by atoms with E-state index in [0.29, 0.717) is 25.3 Å². The van der Waals surface area contributed by atoms with Crippen molar-refractivity contribution in [3.63, 3.8) is 0 Å². The highest BCUT2D eigenvalue weighted by Gasteiger charge is 2.32. The number of carbonyl (C=O) groups excluding carboxylic acids is 2. The lowest BCUT2D eigenvalue weighted by Crippen LogP contribution is -2.27. The van der Waals surface area contributed by atoms with E-state index in [1.54, 1.807) is 18.0 Å². The highest BCUT2D eigenvalue weighted by Crippen LogP contribution is 2.27. The van der Waals surface area contributed by atoms with E-state index < -0.39 is 0 Å². The number of rotatable bonds is 5. The molecule has 7 heteroatoms. The summed E-state index contributed by atoms with van der Waals surface area (Å²) in [6, 6.07) is 9.93. The van der Waals surface area contributed by atoms with E-state index >= 15 is 0 Å². The second-order valence-electron chi connectivity index (χ2n) is 5.85. The van der Waals surface area contributed by atoms with Crippen molar-refractivity contribution in [3.05, 3.63) is 46.6 Å². The van der Waals surface area contributed by atoms with Gasteiger partial charge in [0.2, 0.25) is 5.91 Å². The molecule has 0 radical (unpaired) electrons. The predicted octanol–water partition coefficient (Wildman–Crippen LogP) is 3.33. The Morgan fingerprint density at radius 1 is 1.33 bits per heavy atom. The topological polar surface area (TPSA) is 55.2 Å². The van der Waals surface area contributed by atoms with Crippen LogP contribution in [0.25, 0.3) is 0 Å². The van der Waals surface area contributed by atoms with Crippen LogP contribution in [0.5, 0.6) is 0 Å². The minimum atomic E-state index is 0.0983. The number of amides is 1. The van der Waals surface area contributed by atoms with Gasteiger partial charge in [0.25, 0.3) is 0 Å². The van der Waals surface area contributed by atoms with Crippen molar-refractivity contribution in [2.75, 3.05) is 17.2 Å². The van der Waals surface area contributed by atoms with Crippen molar-refractivity contribution in [3.8, 4) is 0 Å². The first kappa shape index (κ1) is 17.2. The zero-order valence-corrected chi connectivity index (χ0v) is 15.7. The van der Waals surface area contributed by atoms with Gasteiger partial charge in [-0.1, -0.05) is 39.8 Å². The molecule has 0 saturated carbocycles. The number of carbonyl (C=O) groups is 2. The van der Waals surface area contributed by atoms with Crippen LogP contribution in [0.3, 0.4) is 0 Å². The largest absolute Gasteiger partial charge is 0.297 e. The van der Waals surface area contributed by atoms with Gasteiger partial charge < -0.3 is 0 Å². The van der Waals surface area contributed by atoms with Gasteiger partial charge in [0, 0.05) is 36.2 Å². The monoisotopic (exact) mass is 407 g/mol. The van der Waals surface area contributed by atoms with Crippen LogP contribution >= 0.6 is 27.7 Å². The maximum atomic E-state index is 12.4. The highest BCUT2D eigenvalue weighted by molar-refractivity contribution is 9.10. The molecule has 2 aromatic rings. The molecule has 3 rings (SSSR count). The van der Waals surface area contributed by atoms with E-state index in [-0.39, 0.29) is 16.9 Å². The molecule has 0 bridgehead atoms. The lowest BCUT2D eigenvalue weighted by molar-refractivity contribution is -0.117. The third kappa shape index (κ3) is 4.08. The minimum absolute atomic E-state index is 0.0983. The molecule has 0 aliphatic carbocycles. The summed E-state index contributed by atoms with van der Waals surface area (Å²) in [6.07, 6.45) is 2.21. The average molecular weight is 408 g/mol. The van der Waals surface area contributed by atoms with Crippen molar-refractivity contribution in [1.29, 1.82) is 0 Å². The molecular formula is C17H18BrN3O2S. The van der Waals surface area contributed by atoms with Crippen molar-refractivity contribution < 1.29 is 9.59 Å². The smallest absolute Gasteiger partial charge is 0.228 e. The summed E-state index contributed by atoms with van der Waals surface area (Å²) in [5.74, 6) is 1.82. The van der Waals surface area contributed by atoms with Gasteiger partial charge in [0.05, 0.1) is 12.7 Å². The molecule has 126 valence electrons. The number of hydrogen-bond acceptors (Lipinski definition) is 4. The van der Waals surface area contributed by atoms with Crippen LogP contribution in [-0.4, -0.2) is 33.1 Å². The third-order valence-electron chi connectivity index (χ3n) is 3.94. The summed E-state index contributed by atoms with van der Waals surface area (Å²) in [7, 11) is 0. The first-order valence-corrected chi connectivity index (χ1v) is 9.51. The fraction of sp³-hybridized carbons (Fsp3) is 0.353. The van der Waals surface area contributed by atoms with Crippen LogP contribution in [0.4, 0.5) is 5.82 Å². The molecule has 5 nitrogen and oxygen atoms in total. The van der Waals surface area contributed by atoms with E-state index in [9.17, 15) is 9.59 Å². The summed E-state index contributed by atoms with van der Waals surface area (Å²) < 4.78 is 2.88. The third-order valence-corrected chi connectivity index (χ3v) is 5.52. The second kappa shape index (κ2) is 7.53. The van der Waals surface area contributed by atoms with Crippen molar-refractivity contribution >= 4 is 44.5 Å². The molecule has 24 heavy (non-hydrogen) atoms. The molecule has 1 aliphatic rings. The van der Waals surface area contributed by atoms with Crippen molar-refractivity contribution in [2.45, 2.75) is 19.9 Å². The van der Waals surface area contributed by atoms with Crippen LogP contribution in [0.1, 0.15) is 18.9 Å². The lowest BCUT2D eigenvalue weighted by Gasteiger charge is -2.18. The molecule has 1 unspecified atom stereocenters. The van der Waals surface area contributed by atoms with E-state index in [4.69, 9.17) is 0 Å². The Labute approximate surface area is 153 Å². The van der Waals surface area contributed by atoms with Gasteiger partial charge in [-0.05, 0) is 23.6 Å². The van der Waals surface area contributed by atoms with Crippen LogP contribution in [0, 0.1) is 5.92 Å². The zero-order chi connectivity index (χ0) is 17.1. The fourth-order valence-electron chi connectivity index (χ4n) is 2.79. The van der Waals surface area contributed by atoms with Gasteiger partial charge in [0.15, 0.2) is 5.12 Å². The zero-order valence-electron chi connectivity index (χ0n) is 13.3. The number of hydrogen-bond donors (Lipinski definition) is 0. The molecule has 1 aromatic heterocycles. The Morgan fingerprint density at radius 2 is 2.08 bits per heavy atom. The van der Waals surface area contributed by atoms with E-state index in [1.807, 2.05) is 35.0 Å². The van der Waals surface area contributed by atoms with Crippen LogP contribution in [-0.2, 0) is 16.1 Å². The van der Waals surface area contributed by atoms with Gasteiger partial charge in [0.1, 0.15) is 5.82 Å². The lowest BCUT2D eigenvalue weighted by atomic mass is 10.1. The van der Waals surface area contributed by atoms with Crippen LogP contribution in [0.2, 0.25) is 0 Å². The maximum absolute atomic E-state index is 12.4. The van der Waals surface area contributed by atoms with Crippen LogP contribution in [0.15, 0.2) is 41.0 Å². The summed E-state index contributed by atoms with van der Waals surface area (Å²) in [5.41, 5.74) is 1.12. The molecule has 0 N–H and O–H groups in total. The van der Waals surface area contributed by atoms with Crippen molar-refractivity contribution in [2.24, 2.45) is 5.92 Å². The molecular weight excluding hydrogens is 390 g/mol. The first-order valence-electron chi connectivity index (χ1n) is 7.73. The predicted molar refractivity (Wildman–Crippen MR) is 99.1 cm³/mol. The Bertz CT molecular complexity index is 745. The summed E-state index contributed by atoms with van der Waals surface area (Å²) in [6.45, 7) is 2.82. The molecule has 1 fully saturated rings. The number of thioether (sulfide) groups is 1. The molecule has 2 heterocycles. The van der Waals surface area contributed by atoms with E-state index in [1.165, 1.54) is 11.8 Å². The highest BCUT2D eigenvalue weighted by atomic mass is 79.9. The van der Waals surface area contributed by atoms with Crippen LogP contribution < -0.4 is 4.90 Å². The van der Waals surface area contributed by atoms with Gasteiger partial charge in [-0.15, -0.1) is 0 Å². The Kier molecular flexibility index (Phi) is 5.40. The maximum Gasteiger partial charge on any atom is 0.228 e.